The summed E-state index contributed by atoms with van der Waals surface area (Å²) in [7, 11) is 0. The van der Waals surface area contributed by atoms with Crippen molar-refractivity contribution in [2.75, 3.05) is 19.6 Å². The van der Waals surface area contributed by atoms with Gasteiger partial charge in [-0.15, -0.1) is 22.7 Å². The number of carbonyl (C=O) groups is 4. The number of carboxylic acids is 1. The average molecular weight is 595 g/mol. The molecule has 8 nitrogen and oxygen atoms in total. The second-order valence-corrected chi connectivity index (χ2v) is 11.5. The molecule has 38 heavy (non-hydrogen) atoms. The Kier molecular flexibility index (Phi) is 9.43. The predicted molar refractivity (Wildman–Crippen MR) is 151 cm³/mol. The van der Waals surface area contributed by atoms with Gasteiger partial charge in [-0.05, 0) is 58.8 Å². The summed E-state index contributed by atoms with van der Waals surface area (Å²) < 4.78 is 0.903. The molecule has 1 aliphatic rings. The normalized spacial score (nSPS) is 15.1. The van der Waals surface area contributed by atoms with Gasteiger partial charge in [0.05, 0.1) is 32.0 Å². The second-order valence-electron chi connectivity index (χ2n) is 8.86. The predicted octanol–water partition coefficient (Wildman–Crippen LogP) is 4.91. The number of amides is 3. The first kappa shape index (κ1) is 28.1. The van der Waals surface area contributed by atoms with Crippen molar-refractivity contribution in [2.24, 2.45) is 5.92 Å². The molecule has 3 N–H and O–H groups in total. The monoisotopic (exact) mass is 593 g/mol. The summed E-state index contributed by atoms with van der Waals surface area (Å²) in [6.07, 6.45) is 3.78. The van der Waals surface area contributed by atoms with Crippen LogP contribution in [0.1, 0.15) is 34.5 Å². The number of nitrogens with zero attached hydrogens (tertiary/aromatic N) is 1. The van der Waals surface area contributed by atoms with Crippen molar-refractivity contribution in [3.63, 3.8) is 0 Å². The van der Waals surface area contributed by atoms with E-state index in [1.54, 1.807) is 28.5 Å². The molecule has 200 valence electrons. The molecular formula is C26H25Cl2N3O5S2. The molecule has 0 saturated carbocycles. The van der Waals surface area contributed by atoms with E-state index in [0.717, 1.165) is 10.1 Å². The van der Waals surface area contributed by atoms with E-state index in [-0.39, 0.29) is 24.4 Å². The van der Waals surface area contributed by atoms with Crippen LogP contribution in [0.25, 0.3) is 16.2 Å². The molecule has 4 rings (SSSR count). The van der Waals surface area contributed by atoms with Crippen LogP contribution in [0.5, 0.6) is 0 Å². The molecule has 1 unspecified atom stereocenters. The molecule has 3 heterocycles. The lowest BCUT2D eigenvalue weighted by atomic mass is 10.0. The van der Waals surface area contributed by atoms with Gasteiger partial charge in [-0.1, -0.05) is 29.3 Å². The van der Waals surface area contributed by atoms with Crippen LogP contribution in [0.4, 0.5) is 0 Å². The van der Waals surface area contributed by atoms with Crippen molar-refractivity contribution in [1.29, 1.82) is 0 Å². The average Bonchev–Trinajstić information content (AvgIpc) is 3.60. The third-order valence-electron chi connectivity index (χ3n) is 6.26. The summed E-state index contributed by atoms with van der Waals surface area (Å²) in [4.78, 5) is 51.2. The maximum Gasteiger partial charge on any atom is 0.304 e. The number of nitrogens with one attached hydrogen (secondary N) is 2. The third kappa shape index (κ3) is 6.93. The van der Waals surface area contributed by atoms with Crippen LogP contribution in [-0.4, -0.2) is 59.4 Å². The molecule has 1 atom stereocenters. The Bertz CT molecular complexity index is 1360. The lowest BCUT2D eigenvalue weighted by Gasteiger charge is -2.32. The first-order chi connectivity index (χ1) is 18.2. The molecular weight excluding hydrogens is 569 g/mol. The Labute approximate surface area is 237 Å². The van der Waals surface area contributed by atoms with Gasteiger partial charge < -0.3 is 20.6 Å². The fourth-order valence-electron chi connectivity index (χ4n) is 4.20. The number of benzene rings is 1. The summed E-state index contributed by atoms with van der Waals surface area (Å²) >= 11 is 15.5. The fourth-order valence-corrected chi connectivity index (χ4v) is 6.28. The lowest BCUT2D eigenvalue weighted by molar-refractivity contribution is -0.141. The molecule has 0 radical (unpaired) electrons. The Morgan fingerprint density at radius 2 is 1.87 bits per heavy atom. The van der Waals surface area contributed by atoms with E-state index in [0.29, 0.717) is 46.4 Å². The highest BCUT2D eigenvalue weighted by Gasteiger charge is 2.28. The molecule has 0 aliphatic carbocycles. The SMILES string of the molecule is O=C(O)CC(CNC(=O)c1cccs1)C(=O)NC1CCN(C(=O)/C=C/c2cc3ccsc3c(Cl)c2Cl)CC1. The summed E-state index contributed by atoms with van der Waals surface area (Å²) in [5.74, 6) is -2.98. The number of aliphatic carboxylic acids is 1. The number of thiophene rings is 2. The molecule has 1 saturated heterocycles. The van der Waals surface area contributed by atoms with Crippen LogP contribution in [0.3, 0.4) is 0 Å². The van der Waals surface area contributed by atoms with Crippen LogP contribution in [0.2, 0.25) is 10.0 Å². The van der Waals surface area contributed by atoms with Crippen LogP contribution in [0.15, 0.2) is 41.1 Å². The van der Waals surface area contributed by atoms with E-state index < -0.39 is 24.2 Å². The van der Waals surface area contributed by atoms with Crippen molar-refractivity contribution in [2.45, 2.75) is 25.3 Å². The molecule has 0 spiro atoms. The number of rotatable bonds is 9. The number of fused-ring (bicyclic) bond motifs is 1. The first-order valence-electron chi connectivity index (χ1n) is 11.9. The zero-order chi connectivity index (χ0) is 27.2. The largest absolute Gasteiger partial charge is 0.481 e. The van der Waals surface area contributed by atoms with Crippen molar-refractivity contribution in [3.05, 3.63) is 61.6 Å². The highest BCUT2D eigenvalue weighted by molar-refractivity contribution is 7.18. The van der Waals surface area contributed by atoms with Crippen LogP contribution >= 0.6 is 45.9 Å². The molecule has 12 heteroatoms. The minimum absolute atomic E-state index is 0.0826. The Morgan fingerprint density at radius 1 is 1.11 bits per heavy atom. The van der Waals surface area contributed by atoms with E-state index in [4.69, 9.17) is 23.2 Å². The topological polar surface area (TPSA) is 116 Å². The van der Waals surface area contributed by atoms with Crippen LogP contribution in [0, 0.1) is 5.92 Å². The maximum absolute atomic E-state index is 12.8. The number of halogens is 2. The van der Waals surface area contributed by atoms with Crippen molar-refractivity contribution >= 4 is 85.7 Å². The molecule has 3 aromatic rings. The van der Waals surface area contributed by atoms with Crippen molar-refractivity contribution in [3.8, 4) is 0 Å². The Morgan fingerprint density at radius 3 is 2.55 bits per heavy atom. The Hall–Kier alpha value is -2.92. The third-order valence-corrected chi connectivity index (χ3v) is 9.07. The van der Waals surface area contributed by atoms with E-state index >= 15 is 0 Å². The van der Waals surface area contributed by atoms with Gasteiger partial charge in [0.25, 0.3) is 5.91 Å². The number of likely N-dealkylation sites (tertiary alicyclic amines) is 1. The summed E-state index contributed by atoms with van der Waals surface area (Å²) in [6, 6.07) is 7.03. The van der Waals surface area contributed by atoms with Gasteiger partial charge in [0.15, 0.2) is 0 Å². The Balaban J connectivity index is 1.29. The van der Waals surface area contributed by atoms with Gasteiger partial charge in [-0.2, -0.15) is 0 Å². The molecule has 0 bridgehead atoms. The summed E-state index contributed by atoms with van der Waals surface area (Å²) in [5, 5.41) is 20.3. The van der Waals surface area contributed by atoms with Gasteiger partial charge >= 0.3 is 5.97 Å². The summed E-state index contributed by atoms with van der Waals surface area (Å²) in [6.45, 7) is 0.788. The first-order valence-corrected chi connectivity index (χ1v) is 14.4. The quantitative estimate of drug-likeness (QED) is 0.305. The minimum atomic E-state index is -1.12. The van der Waals surface area contributed by atoms with Crippen molar-refractivity contribution < 1.29 is 24.3 Å². The minimum Gasteiger partial charge on any atom is -0.481 e. The molecule has 1 fully saturated rings. The van der Waals surface area contributed by atoms with Crippen LogP contribution in [-0.2, 0) is 14.4 Å². The number of hydrogen-bond acceptors (Lipinski definition) is 6. The second kappa shape index (κ2) is 12.8. The van der Waals surface area contributed by atoms with Gasteiger partial charge in [-0.3, -0.25) is 19.2 Å². The van der Waals surface area contributed by atoms with Gasteiger partial charge in [0.2, 0.25) is 11.8 Å². The fraction of sp³-hybridized carbons (Fsp3) is 0.308. The molecule has 1 aromatic carbocycles. The van der Waals surface area contributed by atoms with E-state index in [1.165, 1.54) is 28.7 Å². The maximum atomic E-state index is 12.8. The zero-order valence-corrected chi connectivity index (χ0v) is 23.3. The standard InChI is InChI=1S/C26H25Cl2N3O5S2/c27-22-15(12-16-7-11-38-24(16)23(22)28)3-4-20(32)31-8-5-18(6-9-31)30-25(35)17(13-21(33)34)14-29-26(36)19-2-1-10-37-19/h1-4,7,10-12,17-18H,5-6,8-9,13-14H2,(H,29,36)(H,30,35)(H,33,34)/b4-3+. The molecule has 1 aliphatic heterocycles. The molecule has 3 amide bonds. The van der Waals surface area contributed by atoms with Gasteiger partial charge in [-0.25, -0.2) is 0 Å². The molecule has 2 aromatic heterocycles. The smallest absolute Gasteiger partial charge is 0.304 e. The number of carboxylic acid groups (broad SMARTS) is 1. The zero-order valence-electron chi connectivity index (χ0n) is 20.1. The number of carbonyl (C=O) groups excluding carboxylic acids is 3. The number of hydrogen-bond donors (Lipinski definition) is 3. The van der Waals surface area contributed by atoms with E-state index in [2.05, 4.69) is 10.6 Å². The van der Waals surface area contributed by atoms with Crippen LogP contribution < -0.4 is 10.6 Å². The van der Waals surface area contributed by atoms with Crippen molar-refractivity contribution in [1.82, 2.24) is 15.5 Å². The highest BCUT2D eigenvalue weighted by atomic mass is 35.5. The summed E-state index contributed by atoms with van der Waals surface area (Å²) in [5.41, 5.74) is 0.661. The lowest BCUT2D eigenvalue weighted by Crippen LogP contribution is -2.49. The van der Waals surface area contributed by atoms with Gasteiger partial charge in [0, 0.05) is 31.8 Å². The highest BCUT2D eigenvalue weighted by Crippen LogP contribution is 2.37. The van der Waals surface area contributed by atoms with Gasteiger partial charge in [0.1, 0.15) is 0 Å². The number of piperidine rings is 1. The van der Waals surface area contributed by atoms with E-state index in [9.17, 15) is 24.3 Å². The van der Waals surface area contributed by atoms with E-state index in [1.807, 2.05) is 17.5 Å².